The van der Waals surface area contributed by atoms with Crippen molar-refractivity contribution in [3.63, 3.8) is 0 Å². The third-order valence-corrected chi connectivity index (χ3v) is 5.61. The highest BCUT2D eigenvalue weighted by atomic mass is 79.9. The fraction of sp³-hybridized carbons (Fsp3) is 0.200. The van der Waals surface area contributed by atoms with Crippen LogP contribution >= 0.6 is 27.7 Å². The Labute approximate surface area is 138 Å². The van der Waals surface area contributed by atoms with E-state index in [0.29, 0.717) is 4.90 Å². The van der Waals surface area contributed by atoms with Crippen molar-refractivity contribution in [3.05, 3.63) is 52.5 Å². The lowest BCUT2D eigenvalue weighted by Crippen LogP contribution is -2.06. The van der Waals surface area contributed by atoms with Gasteiger partial charge in [0.15, 0.2) is 9.84 Å². The molecule has 0 radical (unpaired) electrons. The van der Waals surface area contributed by atoms with Gasteiger partial charge >= 0.3 is 0 Å². The van der Waals surface area contributed by atoms with Gasteiger partial charge in [0, 0.05) is 27.1 Å². The molecule has 6 heteroatoms. The Morgan fingerprint density at radius 1 is 1.14 bits per heavy atom. The van der Waals surface area contributed by atoms with Crippen molar-refractivity contribution in [1.29, 1.82) is 0 Å². The number of sulfone groups is 1. The number of rotatable bonds is 5. The lowest BCUT2D eigenvalue weighted by atomic mass is 10.2. The van der Waals surface area contributed by atoms with Crippen LogP contribution in [0.5, 0.6) is 0 Å². The number of halogens is 1. The minimum Gasteiger partial charge on any atom is -0.316 e. The molecule has 21 heavy (non-hydrogen) atoms. The summed E-state index contributed by atoms with van der Waals surface area (Å²) in [6.45, 7) is 0.789. The molecule has 0 aliphatic heterocycles. The predicted octanol–water partition coefficient (Wildman–Crippen LogP) is 3.72. The average Bonchev–Trinajstić information content (AvgIpc) is 2.42. The largest absolute Gasteiger partial charge is 0.316 e. The summed E-state index contributed by atoms with van der Waals surface area (Å²) in [5.74, 6) is 0. The molecule has 0 atom stereocenters. The molecular formula is C15H16BrNO2S2. The monoisotopic (exact) mass is 385 g/mol. The third-order valence-electron chi connectivity index (χ3n) is 2.88. The standard InChI is InChI=1S/C15H16BrNO2S2/c1-17-10-11-3-4-12(16)9-15(11)20-13-5-7-14(8-6-13)21(2,18)19/h3-9,17H,10H2,1-2H3. The lowest BCUT2D eigenvalue weighted by molar-refractivity contribution is 0.602. The maximum Gasteiger partial charge on any atom is 0.175 e. The second-order valence-electron chi connectivity index (χ2n) is 4.63. The SMILES string of the molecule is CNCc1ccc(Br)cc1Sc1ccc(S(C)(=O)=O)cc1. The van der Waals surface area contributed by atoms with Gasteiger partial charge in [-0.25, -0.2) is 8.42 Å². The molecule has 0 bridgehead atoms. The second-order valence-corrected chi connectivity index (χ2v) is 8.67. The molecule has 0 heterocycles. The first-order valence-electron chi connectivity index (χ1n) is 6.31. The molecule has 0 aromatic heterocycles. The first-order valence-corrected chi connectivity index (χ1v) is 9.81. The van der Waals surface area contributed by atoms with Crippen LogP contribution in [0.4, 0.5) is 0 Å². The first kappa shape index (κ1) is 16.5. The van der Waals surface area contributed by atoms with Crippen LogP contribution in [0.3, 0.4) is 0 Å². The maximum atomic E-state index is 11.5. The van der Waals surface area contributed by atoms with Crippen LogP contribution in [-0.4, -0.2) is 21.7 Å². The van der Waals surface area contributed by atoms with Gasteiger partial charge in [0.05, 0.1) is 4.90 Å². The van der Waals surface area contributed by atoms with E-state index in [4.69, 9.17) is 0 Å². The van der Waals surface area contributed by atoms with Crippen LogP contribution in [0.25, 0.3) is 0 Å². The summed E-state index contributed by atoms with van der Waals surface area (Å²) >= 11 is 5.11. The van der Waals surface area contributed by atoms with E-state index in [1.54, 1.807) is 23.9 Å². The van der Waals surface area contributed by atoms with E-state index in [9.17, 15) is 8.42 Å². The summed E-state index contributed by atoms with van der Waals surface area (Å²) in [7, 11) is -1.23. The van der Waals surface area contributed by atoms with E-state index < -0.39 is 9.84 Å². The van der Waals surface area contributed by atoms with Gasteiger partial charge in [-0.05, 0) is 49.0 Å². The van der Waals surface area contributed by atoms with Gasteiger partial charge in [-0.2, -0.15) is 0 Å². The van der Waals surface area contributed by atoms with E-state index >= 15 is 0 Å². The van der Waals surface area contributed by atoms with E-state index in [1.165, 1.54) is 11.8 Å². The smallest absolute Gasteiger partial charge is 0.175 e. The molecule has 1 N–H and O–H groups in total. The van der Waals surface area contributed by atoms with Crippen molar-refractivity contribution >= 4 is 37.5 Å². The van der Waals surface area contributed by atoms with Crippen LogP contribution < -0.4 is 5.32 Å². The van der Waals surface area contributed by atoms with Gasteiger partial charge in [0.25, 0.3) is 0 Å². The number of benzene rings is 2. The van der Waals surface area contributed by atoms with E-state index in [2.05, 4.69) is 33.4 Å². The third kappa shape index (κ3) is 4.57. The topological polar surface area (TPSA) is 46.2 Å². The summed E-state index contributed by atoms with van der Waals surface area (Å²) < 4.78 is 24.0. The molecule has 0 unspecified atom stereocenters. The Bertz CT molecular complexity index is 728. The molecule has 0 amide bonds. The highest BCUT2D eigenvalue weighted by molar-refractivity contribution is 9.10. The molecule has 0 aliphatic carbocycles. The summed E-state index contributed by atoms with van der Waals surface area (Å²) in [5, 5.41) is 3.15. The van der Waals surface area contributed by atoms with Crippen molar-refractivity contribution in [2.24, 2.45) is 0 Å². The molecule has 2 aromatic carbocycles. The quantitative estimate of drug-likeness (QED) is 0.851. The van der Waals surface area contributed by atoms with Crippen molar-refractivity contribution in [2.75, 3.05) is 13.3 Å². The fourth-order valence-electron chi connectivity index (χ4n) is 1.84. The van der Waals surface area contributed by atoms with E-state index in [1.807, 2.05) is 25.2 Å². The van der Waals surface area contributed by atoms with Crippen LogP contribution in [0.15, 0.2) is 61.6 Å². The average molecular weight is 386 g/mol. The molecule has 3 nitrogen and oxygen atoms in total. The zero-order chi connectivity index (χ0) is 15.5. The normalized spacial score (nSPS) is 11.6. The Morgan fingerprint density at radius 2 is 1.81 bits per heavy atom. The lowest BCUT2D eigenvalue weighted by Gasteiger charge is -2.10. The van der Waals surface area contributed by atoms with Gasteiger partial charge < -0.3 is 5.32 Å². The number of hydrogen-bond acceptors (Lipinski definition) is 4. The van der Waals surface area contributed by atoms with Crippen LogP contribution in [0.1, 0.15) is 5.56 Å². The molecule has 0 spiro atoms. The van der Waals surface area contributed by atoms with Crippen molar-refractivity contribution < 1.29 is 8.42 Å². The molecule has 112 valence electrons. The van der Waals surface area contributed by atoms with Gasteiger partial charge in [-0.3, -0.25) is 0 Å². The fourth-order valence-corrected chi connectivity index (χ4v) is 3.97. The van der Waals surface area contributed by atoms with Crippen molar-refractivity contribution in [3.8, 4) is 0 Å². The zero-order valence-electron chi connectivity index (χ0n) is 11.8. The van der Waals surface area contributed by atoms with Crippen molar-refractivity contribution in [2.45, 2.75) is 21.2 Å². The molecule has 2 aromatic rings. The molecule has 0 saturated heterocycles. The van der Waals surface area contributed by atoms with Crippen LogP contribution in [0, 0.1) is 0 Å². The minimum absolute atomic E-state index is 0.344. The Balaban J connectivity index is 2.27. The van der Waals surface area contributed by atoms with Gasteiger partial charge in [0.1, 0.15) is 0 Å². The molecule has 0 saturated carbocycles. The predicted molar refractivity (Wildman–Crippen MR) is 90.6 cm³/mol. The molecule has 0 fully saturated rings. The summed E-state index contributed by atoms with van der Waals surface area (Å²) in [5.41, 5.74) is 1.21. The number of nitrogens with one attached hydrogen (secondary N) is 1. The van der Waals surface area contributed by atoms with Gasteiger partial charge in [-0.1, -0.05) is 33.8 Å². The Morgan fingerprint density at radius 3 is 2.38 bits per heavy atom. The summed E-state index contributed by atoms with van der Waals surface area (Å²) in [6.07, 6.45) is 1.22. The van der Waals surface area contributed by atoms with Crippen molar-refractivity contribution in [1.82, 2.24) is 5.32 Å². The number of hydrogen-bond donors (Lipinski definition) is 1. The minimum atomic E-state index is -3.14. The zero-order valence-corrected chi connectivity index (χ0v) is 15.0. The van der Waals surface area contributed by atoms with E-state index in [-0.39, 0.29) is 0 Å². The van der Waals surface area contributed by atoms with Gasteiger partial charge in [-0.15, -0.1) is 0 Å². The van der Waals surface area contributed by atoms with E-state index in [0.717, 1.165) is 20.8 Å². The maximum absolute atomic E-state index is 11.5. The Hall–Kier alpha value is -0.820. The molecular weight excluding hydrogens is 370 g/mol. The molecule has 0 aliphatic rings. The summed E-state index contributed by atoms with van der Waals surface area (Å²) in [4.78, 5) is 2.50. The second kappa shape index (κ2) is 6.96. The highest BCUT2D eigenvalue weighted by Gasteiger charge is 2.08. The van der Waals surface area contributed by atoms with Crippen LogP contribution in [-0.2, 0) is 16.4 Å². The van der Waals surface area contributed by atoms with Gasteiger partial charge in [0.2, 0.25) is 0 Å². The van der Waals surface area contributed by atoms with Crippen LogP contribution in [0.2, 0.25) is 0 Å². The first-order chi connectivity index (χ1) is 9.90. The molecule has 2 rings (SSSR count). The summed E-state index contributed by atoms with van der Waals surface area (Å²) in [6, 6.07) is 13.1. The Kier molecular flexibility index (Phi) is 5.48. The highest BCUT2D eigenvalue weighted by Crippen LogP contribution is 2.33.